The van der Waals surface area contributed by atoms with E-state index in [9.17, 15) is 9.90 Å². The van der Waals surface area contributed by atoms with Crippen molar-refractivity contribution in [1.29, 1.82) is 0 Å². The highest BCUT2D eigenvalue weighted by molar-refractivity contribution is 9.10. The number of halogens is 1. The summed E-state index contributed by atoms with van der Waals surface area (Å²) in [4.78, 5) is 19.0. The minimum atomic E-state index is -0.190. The van der Waals surface area contributed by atoms with Crippen LogP contribution in [0.2, 0.25) is 0 Å². The minimum Gasteiger partial charge on any atom is -0.507 e. The van der Waals surface area contributed by atoms with E-state index in [0.29, 0.717) is 16.7 Å². The zero-order chi connectivity index (χ0) is 14.2. The third-order valence-corrected chi connectivity index (χ3v) is 3.85. The monoisotopic (exact) mass is 322 g/mol. The van der Waals surface area contributed by atoms with Crippen molar-refractivity contribution in [3.63, 3.8) is 0 Å². The van der Waals surface area contributed by atoms with Gasteiger partial charge in [-0.3, -0.25) is 4.79 Å². The van der Waals surface area contributed by atoms with Crippen molar-refractivity contribution in [2.75, 3.05) is 0 Å². The molecule has 0 atom stereocenters. The normalized spacial score (nSPS) is 10.7. The lowest BCUT2D eigenvalue weighted by Crippen LogP contribution is -2.13. The predicted molar refractivity (Wildman–Crippen MR) is 78.5 cm³/mol. The molecular weight excluding hydrogens is 308 g/mol. The number of phenols is 1. The second kappa shape index (κ2) is 5.17. The molecule has 0 fully saturated rings. The number of nitrogens with zero attached hydrogens (tertiary/aromatic N) is 1. The van der Waals surface area contributed by atoms with Crippen LogP contribution in [0.25, 0.3) is 11.4 Å². The number of hydrogen-bond acceptors (Lipinski definition) is 3. The number of nitrogens with one attached hydrogen (secondary N) is 1. The summed E-state index contributed by atoms with van der Waals surface area (Å²) in [6.07, 6.45) is 0.674. The molecule has 0 saturated heterocycles. The fourth-order valence-corrected chi connectivity index (χ4v) is 2.44. The van der Waals surface area contributed by atoms with E-state index in [1.165, 1.54) is 0 Å². The maximum Gasteiger partial charge on any atom is 0.265 e. The maximum atomic E-state index is 11.8. The molecule has 0 aliphatic carbocycles. The van der Waals surface area contributed by atoms with Crippen molar-refractivity contribution in [2.24, 2.45) is 0 Å². The molecular formula is C14H15BrN2O2. The number of aromatic amines is 1. The molecule has 19 heavy (non-hydrogen) atoms. The standard InChI is InChI=1S/C14H15BrN2O2/c1-4-10-11(15)14(19)17-13(16-10)9-5-7(2)12(18)8(3)6-9/h5-6,18H,4H2,1-3H3,(H,16,17,19). The van der Waals surface area contributed by atoms with E-state index in [2.05, 4.69) is 25.9 Å². The lowest BCUT2D eigenvalue weighted by atomic mass is 10.1. The first-order chi connectivity index (χ1) is 8.93. The molecule has 0 saturated carbocycles. The van der Waals surface area contributed by atoms with Crippen LogP contribution in [0.3, 0.4) is 0 Å². The Morgan fingerprint density at radius 1 is 1.32 bits per heavy atom. The van der Waals surface area contributed by atoms with Gasteiger partial charge in [-0.15, -0.1) is 0 Å². The maximum absolute atomic E-state index is 11.8. The van der Waals surface area contributed by atoms with Crippen LogP contribution < -0.4 is 5.56 Å². The molecule has 0 bridgehead atoms. The smallest absolute Gasteiger partial charge is 0.265 e. The van der Waals surface area contributed by atoms with Crippen molar-refractivity contribution >= 4 is 15.9 Å². The molecule has 0 spiro atoms. The summed E-state index contributed by atoms with van der Waals surface area (Å²) in [6, 6.07) is 3.63. The molecule has 1 aromatic carbocycles. The highest BCUT2D eigenvalue weighted by atomic mass is 79.9. The van der Waals surface area contributed by atoms with E-state index in [1.807, 2.05) is 32.9 Å². The number of H-pyrrole nitrogens is 1. The van der Waals surface area contributed by atoms with Crippen molar-refractivity contribution in [3.05, 3.63) is 43.8 Å². The zero-order valence-corrected chi connectivity index (χ0v) is 12.6. The Morgan fingerprint density at radius 2 is 1.89 bits per heavy atom. The van der Waals surface area contributed by atoms with Crippen LogP contribution in [0.5, 0.6) is 5.75 Å². The highest BCUT2D eigenvalue weighted by Crippen LogP contribution is 2.27. The molecule has 0 aliphatic rings. The van der Waals surface area contributed by atoms with Gasteiger partial charge in [-0.1, -0.05) is 6.92 Å². The van der Waals surface area contributed by atoms with E-state index in [1.54, 1.807) is 0 Å². The Bertz CT molecular complexity index is 669. The van der Waals surface area contributed by atoms with E-state index >= 15 is 0 Å². The van der Waals surface area contributed by atoms with Crippen molar-refractivity contribution in [3.8, 4) is 17.1 Å². The van der Waals surface area contributed by atoms with Gasteiger partial charge in [0.2, 0.25) is 0 Å². The zero-order valence-electron chi connectivity index (χ0n) is 11.0. The van der Waals surface area contributed by atoms with Gasteiger partial charge in [0.05, 0.1) is 5.69 Å². The average molecular weight is 323 g/mol. The van der Waals surface area contributed by atoms with Crippen LogP contribution in [0.15, 0.2) is 21.4 Å². The molecule has 5 heteroatoms. The molecule has 0 radical (unpaired) electrons. The van der Waals surface area contributed by atoms with E-state index in [4.69, 9.17) is 0 Å². The first-order valence-corrected chi connectivity index (χ1v) is 6.82. The van der Waals surface area contributed by atoms with Gasteiger partial charge in [-0.25, -0.2) is 4.98 Å². The Kier molecular flexibility index (Phi) is 3.75. The molecule has 0 aliphatic heterocycles. The first kappa shape index (κ1) is 13.8. The Morgan fingerprint density at radius 3 is 2.42 bits per heavy atom. The van der Waals surface area contributed by atoms with Crippen LogP contribution in [0.1, 0.15) is 23.7 Å². The van der Waals surface area contributed by atoms with E-state index in [0.717, 1.165) is 22.4 Å². The van der Waals surface area contributed by atoms with Gasteiger partial charge >= 0.3 is 0 Å². The highest BCUT2D eigenvalue weighted by Gasteiger charge is 2.11. The minimum absolute atomic E-state index is 0.190. The lowest BCUT2D eigenvalue weighted by molar-refractivity contribution is 0.467. The molecule has 0 amide bonds. The SMILES string of the molecule is CCc1nc(-c2cc(C)c(O)c(C)c2)[nH]c(=O)c1Br. The molecule has 4 nitrogen and oxygen atoms in total. The second-order valence-electron chi connectivity index (χ2n) is 4.49. The summed E-state index contributed by atoms with van der Waals surface area (Å²) in [5, 5.41) is 9.78. The molecule has 0 unspecified atom stereocenters. The third-order valence-electron chi connectivity index (χ3n) is 3.03. The van der Waals surface area contributed by atoms with Crippen LogP contribution in [0, 0.1) is 13.8 Å². The number of aromatic nitrogens is 2. The van der Waals surface area contributed by atoms with Gasteiger partial charge in [-0.2, -0.15) is 0 Å². The topological polar surface area (TPSA) is 66.0 Å². The quantitative estimate of drug-likeness (QED) is 0.892. The van der Waals surface area contributed by atoms with Gasteiger partial charge < -0.3 is 10.1 Å². The molecule has 2 rings (SSSR count). The summed E-state index contributed by atoms with van der Waals surface area (Å²) in [5.74, 6) is 0.801. The Labute approximate surface area is 119 Å². The van der Waals surface area contributed by atoms with Gasteiger partial charge in [0.15, 0.2) is 0 Å². The summed E-state index contributed by atoms with van der Waals surface area (Å²) in [5.41, 5.74) is 2.86. The number of hydrogen-bond donors (Lipinski definition) is 2. The van der Waals surface area contributed by atoms with Crippen molar-refractivity contribution in [2.45, 2.75) is 27.2 Å². The summed E-state index contributed by atoms with van der Waals surface area (Å²) < 4.78 is 0.478. The molecule has 2 N–H and O–H groups in total. The van der Waals surface area contributed by atoms with E-state index in [-0.39, 0.29) is 11.3 Å². The summed E-state index contributed by atoms with van der Waals surface area (Å²) in [7, 11) is 0. The predicted octanol–water partition coefficient (Wildman–Crippen LogP) is 3.08. The molecule has 100 valence electrons. The van der Waals surface area contributed by atoms with Crippen LogP contribution in [-0.4, -0.2) is 15.1 Å². The number of aromatic hydroxyl groups is 1. The van der Waals surface area contributed by atoms with Crippen LogP contribution in [-0.2, 0) is 6.42 Å². The third kappa shape index (κ3) is 2.56. The van der Waals surface area contributed by atoms with Gasteiger partial charge in [0.1, 0.15) is 16.0 Å². The fraction of sp³-hybridized carbons (Fsp3) is 0.286. The lowest BCUT2D eigenvalue weighted by Gasteiger charge is -2.09. The van der Waals surface area contributed by atoms with Gasteiger partial charge in [-0.05, 0) is 59.5 Å². The average Bonchev–Trinajstić information content (AvgIpc) is 2.38. The van der Waals surface area contributed by atoms with Crippen LogP contribution >= 0.6 is 15.9 Å². The number of rotatable bonds is 2. The Balaban J connectivity index is 2.66. The Hall–Kier alpha value is -1.62. The first-order valence-electron chi connectivity index (χ1n) is 6.03. The number of phenolic OH excluding ortho intramolecular Hbond substituents is 1. The number of benzene rings is 1. The largest absolute Gasteiger partial charge is 0.507 e. The fourth-order valence-electron chi connectivity index (χ4n) is 1.97. The summed E-state index contributed by atoms with van der Waals surface area (Å²) in [6.45, 7) is 5.59. The molecule has 1 heterocycles. The van der Waals surface area contributed by atoms with E-state index < -0.39 is 0 Å². The number of aryl methyl sites for hydroxylation is 3. The second-order valence-corrected chi connectivity index (χ2v) is 5.28. The van der Waals surface area contributed by atoms with Gasteiger partial charge in [0.25, 0.3) is 5.56 Å². The molecule has 2 aromatic rings. The molecule has 1 aromatic heterocycles. The van der Waals surface area contributed by atoms with Gasteiger partial charge in [0, 0.05) is 5.56 Å². The summed E-state index contributed by atoms with van der Waals surface area (Å²) >= 11 is 3.24. The van der Waals surface area contributed by atoms with Crippen molar-refractivity contribution in [1.82, 2.24) is 9.97 Å². The van der Waals surface area contributed by atoms with Crippen molar-refractivity contribution < 1.29 is 5.11 Å². The van der Waals surface area contributed by atoms with Crippen LogP contribution in [0.4, 0.5) is 0 Å².